The number of carbonyl (C=O) groups is 1. The second kappa shape index (κ2) is 9.02. The van der Waals surface area contributed by atoms with Crippen LogP contribution in [0, 0.1) is 11.8 Å². The van der Waals surface area contributed by atoms with E-state index in [0.717, 1.165) is 56.0 Å². The maximum absolute atomic E-state index is 14.2. The van der Waals surface area contributed by atoms with Crippen LogP contribution in [-0.2, 0) is 10.2 Å². The Labute approximate surface area is 197 Å². The number of ether oxygens (including phenoxy) is 2. The quantitative estimate of drug-likeness (QED) is 0.755. The molecule has 0 saturated carbocycles. The van der Waals surface area contributed by atoms with E-state index >= 15 is 0 Å². The third-order valence-corrected chi connectivity index (χ3v) is 8.25. The molecule has 3 aliphatic heterocycles. The van der Waals surface area contributed by atoms with Crippen molar-refractivity contribution >= 4 is 5.91 Å². The minimum Gasteiger partial charge on any atom is -0.493 e. The average Bonchev–Trinajstić information content (AvgIpc) is 3.27. The first-order chi connectivity index (χ1) is 16.0. The van der Waals surface area contributed by atoms with E-state index in [1.54, 1.807) is 7.11 Å². The van der Waals surface area contributed by atoms with Crippen LogP contribution in [0.2, 0.25) is 0 Å². The average molecular weight is 449 g/mol. The lowest BCUT2D eigenvalue weighted by molar-refractivity contribution is -0.142. The molecule has 5 nitrogen and oxygen atoms in total. The highest BCUT2D eigenvalue weighted by Crippen LogP contribution is 2.50. The zero-order chi connectivity index (χ0) is 23.0. The fourth-order valence-corrected chi connectivity index (χ4v) is 6.45. The molecule has 2 aromatic rings. The van der Waals surface area contributed by atoms with Gasteiger partial charge in [-0.25, -0.2) is 0 Å². The number of hydrogen-bond donors (Lipinski definition) is 1. The molecule has 0 aliphatic carbocycles. The van der Waals surface area contributed by atoms with Gasteiger partial charge < -0.3 is 19.7 Å². The number of rotatable bonds is 4. The molecule has 3 aliphatic rings. The molecule has 176 valence electrons. The van der Waals surface area contributed by atoms with Gasteiger partial charge in [-0.1, -0.05) is 56.3 Å². The van der Waals surface area contributed by atoms with Crippen LogP contribution < -0.4 is 14.8 Å². The van der Waals surface area contributed by atoms with E-state index in [1.807, 2.05) is 12.1 Å². The van der Waals surface area contributed by atoms with Gasteiger partial charge in [0.05, 0.1) is 19.6 Å². The van der Waals surface area contributed by atoms with Gasteiger partial charge in [-0.05, 0) is 42.7 Å². The van der Waals surface area contributed by atoms with Crippen molar-refractivity contribution in [2.45, 2.75) is 50.5 Å². The summed E-state index contributed by atoms with van der Waals surface area (Å²) in [4.78, 5) is 16.4. The maximum atomic E-state index is 14.2. The number of likely N-dealkylation sites (tertiary alicyclic amines) is 1. The van der Waals surface area contributed by atoms with E-state index < -0.39 is 0 Å². The lowest BCUT2D eigenvalue weighted by Crippen LogP contribution is -2.54. The van der Waals surface area contributed by atoms with Crippen LogP contribution in [0.3, 0.4) is 0 Å². The molecular weight excluding hydrogens is 412 g/mol. The van der Waals surface area contributed by atoms with E-state index in [1.165, 1.54) is 5.56 Å². The molecule has 5 rings (SSSR count). The van der Waals surface area contributed by atoms with Gasteiger partial charge in [0.1, 0.15) is 0 Å². The van der Waals surface area contributed by atoms with Crippen LogP contribution in [0.4, 0.5) is 0 Å². The second-order valence-corrected chi connectivity index (χ2v) is 10.3. The molecule has 2 saturated heterocycles. The van der Waals surface area contributed by atoms with Crippen molar-refractivity contribution in [2.24, 2.45) is 11.8 Å². The maximum Gasteiger partial charge on any atom is 0.228 e. The number of carbonyl (C=O) groups excluding carboxylic acids is 1. The molecule has 4 unspecified atom stereocenters. The predicted octanol–water partition coefficient (Wildman–Crippen LogP) is 4.37. The third kappa shape index (κ3) is 3.80. The number of benzene rings is 2. The zero-order valence-electron chi connectivity index (χ0n) is 20.0. The van der Waals surface area contributed by atoms with Crippen LogP contribution in [0.15, 0.2) is 48.5 Å². The fourth-order valence-electron chi connectivity index (χ4n) is 6.45. The Kier molecular flexibility index (Phi) is 6.09. The van der Waals surface area contributed by atoms with Crippen molar-refractivity contribution in [3.63, 3.8) is 0 Å². The highest BCUT2D eigenvalue weighted by molar-refractivity contribution is 5.82. The molecular formula is C28H36N2O3. The van der Waals surface area contributed by atoms with E-state index in [2.05, 4.69) is 60.5 Å². The lowest BCUT2D eigenvalue weighted by atomic mass is 9.68. The van der Waals surface area contributed by atoms with E-state index in [9.17, 15) is 4.79 Å². The summed E-state index contributed by atoms with van der Waals surface area (Å²) in [7, 11) is 1.68. The lowest BCUT2D eigenvalue weighted by Gasteiger charge is -2.46. The third-order valence-electron chi connectivity index (χ3n) is 8.25. The first-order valence-electron chi connectivity index (χ1n) is 12.4. The highest BCUT2D eigenvalue weighted by atomic mass is 16.5. The first-order valence-corrected chi connectivity index (χ1v) is 12.4. The fraction of sp³-hybridized carbons (Fsp3) is 0.536. The Morgan fingerprint density at radius 1 is 1.18 bits per heavy atom. The van der Waals surface area contributed by atoms with Crippen molar-refractivity contribution in [2.75, 3.05) is 33.4 Å². The molecule has 3 heterocycles. The Balaban J connectivity index is 1.44. The summed E-state index contributed by atoms with van der Waals surface area (Å²) >= 11 is 0. The summed E-state index contributed by atoms with van der Waals surface area (Å²) in [5.74, 6) is 2.74. The Morgan fingerprint density at radius 3 is 2.76 bits per heavy atom. The van der Waals surface area contributed by atoms with E-state index in [4.69, 9.17) is 9.47 Å². The Morgan fingerprint density at radius 2 is 2.00 bits per heavy atom. The molecule has 5 heteroatoms. The molecule has 1 N–H and O–H groups in total. The number of hydrogen-bond acceptors (Lipinski definition) is 4. The van der Waals surface area contributed by atoms with Gasteiger partial charge in [-0.2, -0.15) is 0 Å². The summed E-state index contributed by atoms with van der Waals surface area (Å²) in [6.07, 6.45) is 2.91. The molecule has 2 aromatic carbocycles. The van der Waals surface area contributed by atoms with E-state index in [-0.39, 0.29) is 17.4 Å². The number of nitrogens with one attached hydrogen (secondary N) is 1. The summed E-state index contributed by atoms with van der Waals surface area (Å²) < 4.78 is 11.6. The molecule has 4 atom stereocenters. The summed E-state index contributed by atoms with van der Waals surface area (Å²) in [5, 5.41) is 3.57. The molecule has 33 heavy (non-hydrogen) atoms. The predicted molar refractivity (Wildman–Crippen MR) is 130 cm³/mol. The van der Waals surface area contributed by atoms with Crippen molar-refractivity contribution in [1.82, 2.24) is 10.2 Å². The molecule has 2 fully saturated rings. The molecule has 1 spiro atoms. The Hall–Kier alpha value is -2.53. The number of piperidine rings is 1. The number of amides is 1. The smallest absolute Gasteiger partial charge is 0.228 e. The summed E-state index contributed by atoms with van der Waals surface area (Å²) in [5.41, 5.74) is 2.29. The molecule has 0 bridgehead atoms. The van der Waals surface area contributed by atoms with Gasteiger partial charge in [0, 0.05) is 36.7 Å². The zero-order valence-corrected chi connectivity index (χ0v) is 20.0. The highest BCUT2D eigenvalue weighted by Gasteiger charge is 2.53. The number of nitrogens with zero attached hydrogens (tertiary/aromatic N) is 1. The number of para-hydroxylation sites is 1. The van der Waals surface area contributed by atoms with Gasteiger partial charge in [0.15, 0.2) is 11.5 Å². The first kappa shape index (κ1) is 22.3. The van der Waals surface area contributed by atoms with Crippen molar-refractivity contribution in [1.29, 1.82) is 0 Å². The van der Waals surface area contributed by atoms with Crippen LogP contribution in [0.5, 0.6) is 11.5 Å². The van der Waals surface area contributed by atoms with Gasteiger partial charge in [-0.3, -0.25) is 4.79 Å². The second-order valence-electron chi connectivity index (χ2n) is 10.3. The van der Waals surface area contributed by atoms with Crippen molar-refractivity contribution in [3.8, 4) is 11.5 Å². The molecule has 1 amide bonds. The monoisotopic (exact) mass is 448 g/mol. The van der Waals surface area contributed by atoms with Crippen molar-refractivity contribution in [3.05, 3.63) is 59.7 Å². The minimum absolute atomic E-state index is 0.0817. The number of fused-ring (bicyclic) bond motifs is 2. The minimum atomic E-state index is -0.239. The van der Waals surface area contributed by atoms with Gasteiger partial charge >= 0.3 is 0 Å². The molecule has 0 aromatic heterocycles. The SMILES string of the molecule is COc1cccc2c1OCCC21CNCC1C(=O)N1CCC(c2ccccc2)CC1C(C)C. The van der Waals surface area contributed by atoms with Crippen molar-refractivity contribution < 1.29 is 14.3 Å². The standard InChI is InChI=1S/C28H36N2O3/c1-19(2)24-16-21(20-8-5-4-6-9-20)12-14-30(24)27(31)23-17-29-18-28(23)13-15-33-26-22(28)10-7-11-25(26)32-3/h4-11,19,21,23-24,29H,12-18H2,1-3H3. The largest absolute Gasteiger partial charge is 0.493 e. The number of methoxy groups -OCH3 is 1. The van der Waals surface area contributed by atoms with Gasteiger partial charge in [0.2, 0.25) is 5.91 Å². The topological polar surface area (TPSA) is 50.8 Å². The normalized spacial score (nSPS) is 29.1. The Bertz CT molecular complexity index is 992. The van der Waals surface area contributed by atoms with Gasteiger partial charge in [-0.15, -0.1) is 0 Å². The van der Waals surface area contributed by atoms with Crippen LogP contribution >= 0.6 is 0 Å². The van der Waals surface area contributed by atoms with Crippen LogP contribution in [0.25, 0.3) is 0 Å². The van der Waals surface area contributed by atoms with Crippen LogP contribution in [0.1, 0.15) is 50.2 Å². The summed E-state index contributed by atoms with van der Waals surface area (Å²) in [6.45, 7) is 7.49. The molecule has 0 radical (unpaired) electrons. The van der Waals surface area contributed by atoms with Gasteiger partial charge in [0.25, 0.3) is 0 Å². The summed E-state index contributed by atoms with van der Waals surface area (Å²) in [6, 6.07) is 17.2. The van der Waals surface area contributed by atoms with Crippen LogP contribution in [-0.4, -0.2) is 50.2 Å². The van der Waals surface area contributed by atoms with E-state index in [0.29, 0.717) is 24.3 Å².